The van der Waals surface area contributed by atoms with Crippen molar-refractivity contribution >= 4 is 29.8 Å². The van der Waals surface area contributed by atoms with Crippen LogP contribution in [-0.4, -0.2) is 75.4 Å². The summed E-state index contributed by atoms with van der Waals surface area (Å²) in [5.74, 6) is -4.83. The molecular weight excluding hydrogens is 708 g/mol. The monoisotopic (exact) mass is 740 g/mol. The molecule has 276 valence electrons. The fourth-order valence-electron chi connectivity index (χ4n) is 5.29. The van der Waals surface area contributed by atoms with Crippen LogP contribution < -0.4 is 0 Å². The molecule has 0 amide bonds. The zero-order valence-electron chi connectivity index (χ0n) is 28.9. The first kappa shape index (κ1) is 37.3. The molecule has 0 aliphatic rings. The van der Waals surface area contributed by atoms with Gasteiger partial charge in [0.15, 0.2) is 18.3 Å². The molecule has 6 rings (SSSR count). The van der Waals surface area contributed by atoms with Gasteiger partial charge < -0.3 is 23.7 Å². The van der Waals surface area contributed by atoms with Gasteiger partial charge in [-0.1, -0.05) is 96.2 Å². The number of H-pyrrole nitrogens is 1. The number of rotatable bonds is 15. The summed E-state index contributed by atoms with van der Waals surface area (Å²) < 4.78 is 29.7. The van der Waals surface area contributed by atoms with Crippen molar-refractivity contribution in [3.63, 3.8) is 0 Å². The van der Waals surface area contributed by atoms with E-state index < -0.39 is 60.9 Å². The third kappa shape index (κ3) is 9.90. The van der Waals surface area contributed by atoms with Gasteiger partial charge in [0.1, 0.15) is 6.61 Å². The van der Waals surface area contributed by atoms with Crippen LogP contribution in [0.15, 0.2) is 152 Å². The molecule has 1 aromatic heterocycles. The van der Waals surface area contributed by atoms with Crippen molar-refractivity contribution in [2.24, 2.45) is 0 Å². The lowest BCUT2D eigenvalue weighted by atomic mass is 10.0. The molecule has 4 atom stereocenters. The highest BCUT2D eigenvalue weighted by atomic mass is 16.6. The van der Waals surface area contributed by atoms with Crippen molar-refractivity contribution in [2.45, 2.75) is 24.4 Å². The fraction of sp³-hybridized carbons (Fsp3) is 0.122. The molecule has 0 aliphatic carbocycles. The summed E-state index contributed by atoms with van der Waals surface area (Å²) in [6, 6.07) is 39.4. The van der Waals surface area contributed by atoms with E-state index >= 15 is 0 Å². The average Bonchev–Trinajstić information content (AvgIpc) is 3.79. The van der Waals surface area contributed by atoms with E-state index in [1.54, 1.807) is 91.0 Å². The Bertz CT molecular complexity index is 2170. The highest BCUT2D eigenvalue weighted by Gasteiger charge is 2.48. The highest BCUT2D eigenvalue weighted by Crippen LogP contribution is 2.31. The summed E-state index contributed by atoms with van der Waals surface area (Å²) in [5.41, 5.74) is 0.494. The van der Waals surface area contributed by atoms with Crippen LogP contribution in [0.5, 0.6) is 0 Å². The molecule has 6 aromatic rings. The van der Waals surface area contributed by atoms with Crippen molar-refractivity contribution in [1.82, 2.24) is 20.6 Å². The number of carbonyl (C=O) groups excluding carboxylic acids is 5. The molecule has 55 heavy (non-hydrogen) atoms. The molecular formula is C41H32N4O10. The van der Waals surface area contributed by atoms with Crippen molar-refractivity contribution in [1.29, 1.82) is 0 Å². The molecule has 0 radical (unpaired) electrons. The number of nitrogens with zero attached hydrogens (tertiary/aromatic N) is 3. The van der Waals surface area contributed by atoms with Gasteiger partial charge in [-0.05, 0) is 60.7 Å². The lowest BCUT2D eigenvalue weighted by Crippen LogP contribution is -2.51. The summed E-state index contributed by atoms with van der Waals surface area (Å²) >= 11 is 0. The summed E-state index contributed by atoms with van der Waals surface area (Å²) in [6.45, 7) is -0.732. The number of tetrazole rings is 1. The zero-order chi connectivity index (χ0) is 38.4. The molecule has 1 N–H and O–H groups in total. The van der Waals surface area contributed by atoms with E-state index in [0.29, 0.717) is 0 Å². The van der Waals surface area contributed by atoms with Crippen LogP contribution in [0.4, 0.5) is 0 Å². The van der Waals surface area contributed by atoms with Gasteiger partial charge in [-0.25, -0.2) is 24.0 Å². The first-order chi connectivity index (χ1) is 26.9. The number of ether oxygens (including phenoxy) is 5. The van der Waals surface area contributed by atoms with Gasteiger partial charge in [0.05, 0.1) is 27.8 Å². The minimum atomic E-state index is -1.88. The maximum atomic E-state index is 13.9. The van der Waals surface area contributed by atoms with Crippen LogP contribution in [0.3, 0.4) is 0 Å². The summed E-state index contributed by atoms with van der Waals surface area (Å²) in [7, 11) is 0. The maximum absolute atomic E-state index is 13.9. The third-order valence-electron chi connectivity index (χ3n) is 8.01. The number of hydrogen-bond acceptors (Lipinski definition) is 13. The van der Waals surface area contributed by atoms with E-state index in [2.05, 4.69) is 20.6 Å². The minimum Gasteiger partial charge on any atom is -0.458 e. The normalized spacial score (nSPS) is 12.9. The Morgan fingerprint density at radius 1 is 0.455 bits per heavy atom. The van der Waals surface area contributed by atoms with Gasteiger partial charge in [0.25, 0.3) is 0 Å². The molecule has 0 saturated heterocycles. The number of carbonyl (C=O) groups is 5. The van der Waals surface area contributed by atoms with Gasteiger partial charge in [-0.3, -0.25) is 0 Å². The van der Waals surface area contributed by atoms with E-state index in [4.69, 9.17) is 23.7 Å². The molecule has 0 aliphatic heterocycles. The summed E-state index contributed by atoms with van der Waals surface area (Å²) in [5, 5.41) is 13.9. The molecule has 0 bridgehead atoms. The molecule has 14 heteroatoms. The second-order valence-corrected chi connectivity index (χ2v) is 11.7. The van der Waals surface area contributed by atoms with E-state index in [-0.39, 0.29) is 33.6 Å². The van der Waals surface area contributed by atoms with E-state index in [9.17, 15) is 24.0 Å². The number of nitrogens with one attached hydrogen (secondary N) is 1. The Balaban J connectivity index is 1.48. The van der Waals surface area contributed by atoms with Crippen LogP contribution >= 0.6 is 0 Å². The molecule has 0 fully saturated rings. The van der Waals surface area contributed by atoms with E-state index in [1.165, 1.54) is 60.7 Å². The molecule has 0 saturated carbocycles. The van der Waals surface area contributed by atoms with Crippen molar-refractivity contribution in [3.8, 4) is 0 Å². The molecule has 14 nitrogen and oxygen atoms in total. The van der Waals surface area contributed by atoms with Crippen LogP contribution in [-0.2, 0) is 23.7 Å². The maximum Gasteiger partial charge on any atom is 0.338 e. The first-order valence-corrected chi connectivity index (χ1v) is 16.9. The van der Waals surface area contributed by atoms with Gasteiger partial charge in [0, 0.05) is 0 Å². The first-order valence-electron chi connectivity index (χ1n) is 16.9. The molecule has 4 unspecified atom stereocenters. The van der Waals surface area contributed by atoms with Crippen LogP contribution in [0.1, 0.15) is 63.7 Å². The van der Waals surface area contributed by atoms with Crippen molar-refractivity contribution in [3.05, 3.63) is 185 Å². The Hall–Kier alpha value is -7.48. The van der Waals surface area contributed by atoms with Gasteiger partial charge >= 0.3 is 29.8 Å². The second kappa shape index (κ2) is 18.3. The zero-order valence-corrected chi connectivity index (χ0v) is 28.9. The van der Waals surface area contributed by atoms with Crippen LogP contribution in [0, 0.1) is 0 Å². The van der Waals surface area contributed by atoms with E-state index in [0.717, 1.165) is 0 Å². The Labute approximate surface area is 314 Å². The summed E-state index contributed by atoms with van der Waals surface area (Å²) in [6.07, 6.45) is -7.24. The lowest BCUT2D eigenvalue weighted by molar-refractivity contribution is -0.134. The number of hydrogen-bond donors (Lipinski definition) is 1. The van der Waals surface area contributed by atoms with Crippen LogP contribution in [0.25, 0.3) is 0 Å². The standard InChI is InChI=1S/C41H32N4O10/c46-37(27-16-6-1-7-17-27)51-26-32(52-38(47)28-18-8-2-9-19-28)33(53-39(48)29-20-10-3-11-21-29)34(54-40(49)30-22-12-4-13-23-30)35(36-42-44-45-43-36)55-41(50)31-24-14-5-15-25-31/h1-25,32-35H,26H2,(H,42,43,44,45). The fourth-order valence-corrected chi connectivity index (χ4v) is 5.29. The molecule has 1 heterocycles. The summed E-state index contributed by atoms with van der Waals surface area (Å²) in [4.78, 5) is 68.5. The molecule has 0 spiro atoms. The second-order valence-electron chi connectivity index (χ2n) is 11.7. The number of benzene rings is 5. The lowest BCUT2D eigenvalue weighted by Gasteiger charge is -2.35. The average molecular weight is 741 g/mol. The Morgan fingerprint density at radius 3 is 1.22 bits per heavy atom. The third-order valence-corrected chi connectivity index (χ3v) is 8.01. The SMILES string of the molecule is O=C(OCC(OC(=O)c1ccccc1)C(OC(=O)c1ccccc1)C(OC(=O)c1ccccc1)C(OC(=O)c1ccccc1)c1nn[nH]n1)c1ccccc1. The number of aromatic amines is 1. The van der Waals surface area contributed by atoms with Crippen molar-refractivity contribution < 1.29 is 47.7 Å². The van der Waals surface area contributed by atoms with Gasteiger partial charge in [-0.15, -0.1) is 10.2 Å². The Morgan fingerprint density at radius 2 is 0.818 bits per heavy atom. The quantitative estimate of drug-likeness (QED) is 0.101. The van der Waals surface area contributed by atoms with Gasteiger partial charge in [0.2, 0.25) is 11.9 Å². The highest BCUT2D eigenvalue weighted by molar-refractivity contribution is 5.92. The minimum absolute atomic E-state index is 0.0624. The smallest absolute Gasteiger partial charge is 0.338 e. The predicted molar refractivity (Wildman–Crippen MR) is 192 cm³/mol. The molecule has 5 aromatic carbocycles. The van der Waals surface area contributed by atoms with E-state index in [1.807, 2.05) is 0 Å². The largest absolute Gasteiger partial charge is 0.458 e. The van der Waals surface area contributed by atoms with Crippen LogP contribution in [0.2, 0.25) is 0 Å². The van der Waals surface area contributed by atoms with Crippen molar-refractivity contribution in [2.75, 3.05) is 6.61 Å². The topological polar surface area (TPSA) is 186 Å². The van der Waals surface area contributed by atoms with Gasteiger partial charge in [-0.2, -0.15) is 5.21 Å². The number of aromatic nitrogens is 4. The number of esters is 5. The predicted octanol–water partition coefficient (Wildman–Crippen LogP) is 5.63. The Kier molecular flexibility index (Phi) is 12.4.